The summed E-state index contributed by atoms with van der Waals surface area (Å²) in [6.45, 7) is 1.81. The summed E-state index contributed by atoms with van der Waals surface area (Å²) in [6.07, 6.45) is -2.06. The lowest BCUT2D eigenvalue weighted by Gasteiger charge is -2.36. The van der Waals surface area contributed by atoms with Gasteiger partial charge in [0.05, 0.1) is 30.1 Å². The van der Waals surface area contributed by atoms with Crippen molar-refractivity contribution < 1.29 is 32.7 Å². The van der Waals surface area contributed by atoms with Crippen LogP contribution in [-0.2, 0) is 14.4 Å². The number of hydrogen-bond acceptors (Lipinski definition) is 9. The fourth-order valence-corrected chi connectivity index (χ4v) is 4.63. The van der Waals surface area contributed by atoms with E-state index in [1.807, 2.05) is 0 Å². The minimum atomic E-state index is -5.08. The Morgan fingerprint density at radius 2 is 1.97 bits per heavy atom. The molecular weight excluding hydrogens is 527 g/mol. The lowest BCUT2D eigenvalue weighted by Crippen LogP contribution is -2.53. The Hall–Kier alpha value is -2.64. The summed E-state index contributed by atoms with van der Waals surface area (Å²) < 4.78 is 31.7. The number of nitriles is 1. The van der Waals surface area contributed by atoms with E-state index < -0.39 is 12.1 Å². The molecule has 2 amide bonds. The lowest BCUT2D eigenvalue weighted by atomic mass is 10.0. The number of nitrogens with one attached hydrogen (secondary N) is 1. The molecule has 0 bridgehead atoms. The molecule has 0 aromatic carbocycles. The van der Waals surface area contributed by atoms with Gasteiger partial charge in [0, 0.05) is 31.1 Å². The molecule has 16 heteroatoms. The molecular formula is C20H25ClF3N7O4S. The molecule has 0 spiro atoms. The molecule has 2 fully saturated rings. The van der Waals surface area contributed by atoms with Crippen molar-refractivity contribution >= 4 is 47.0 Å². The zero-order valence-corrected chi connectivity index (χ0v) is 20.5. The van der Waals surface area contributed by atoms with Crippen LogP contribution >= 0.6 is 23.4 Å². The number of aliphatic carboxylic acids is 1. The van der Waals surface area contributed by atoms with Gasteiger partial charge in [-0.25, -0.2) is 14.8 Å². The van der Waals surface area contributed by atoms with E-state index in [9.17, 15) is 22.8 Å². The minimum Gasteiger partial charge on any atom is -0.475 e. The molecule has 2 aliphatic heterocycles. The molecule has 0 saturated carbocycles. The number of nitrogens with zero attached hydrogens (tertiary/aromatic N) is 5. The van der Waals surface area contributed by atoms with Crippen LogP contribution in [0.3, 0.4) is 0 Å². The summed E-state index contributed by atoms with van der Waals surface area (Å²) in [7, 11) is 0. The van der Waals surface area contributed by atoms with Crippen LogP contribution < -0.4 is 11.2 Å². The van der Waals surface area contributed by atoms with Crippen molar-refractivity contribution in [3.63, 3.8) is 0 Å². The van der Waals surface area contributed by atoms with E-state index in [1.165, 1.54) is 6.20 Å². The fourth-order valence-electron chi connectivity index (χ4n) is 3.42. The first kappa shape index (κ1) is 29.6. The number of rotatable bonds is 6. The number of piperidine rings is 1. The van der Waals surface area contributed by atoms with Gasteiger partial charge in [0.25, 0.3) is 0 Å². The third-order valence-corrected chi connectivity index (χ3v) is 6.54. The summed E-state index contributed by atoms with van der Waals surface area (Å²) in [5.41, 5.74) is 0. The summed E-state index contributed by atoms with van der Waals surface area (Å²) in [6, 6.07) is 5.20. The topological polar surface area (TPSA) is 156 Å². The smallest absolute Gasteiger partial charge is 0.475 e. The van der Waals surface area contributed by atoms with Gasteiger partial charge in [-0.2, -0.15) is 18.4 Å². The highest BCUT2D eigenvalue weighted by atomic mass is 35.5. The van der Waals surface area contributed by atoms with E-state index >= 15 is 0 Å². The standard InChI is InChI=1S/C18H24ClN7O2S.C2HF3O2/c19-13-1-2-16(22-8-13)23-17(27)9-24-5-3-14(4-6-24)26(21)10-18(28)25-12-29-11-15(25)7-20;3-2(4,5)1(6)7/h1-2,8,14-15H,3-6,9-12,21H2,(H,22,23,27);(H,6,7)/t15-;/m0./s1. The zero-order valence-electron chi connectivity index (χ0n) is 18.9. The number of aromatic nitrogens is 1. The highest BCUT2D eigenvalue weighted by molar-refractivity contribution is 7.99. The van der Waals surface area contributed by atoms with E-state index in [0.717, 1.165) is 12.8 Å². The second-order valence-electron chi connectivity index (χ2n) is 7.90. The van der Waals surface area contributed by atoms with Gasteiger partial charge in [-0.1, -0.05) is 11.6 Å². The maximum absolute atomic E-state index is 12.4. The average molecular weight is 552 g/mol. The van der Waals surface area contributed by atoms with Gasteiger partial charge in [0.1, 0.15) is 11.9 Å². The number of hydrazine groups is 1. The first-order chi connectivity index (χ1) is 16.9. The number of amides is 2. The molecule has 2 saturated heterocycles. The van der Waals surface area contributed by atoms with E-state index in [-0.39, 0.29) is 37.0 Å². The highest BCUT2D eigenvalue weighted by Gasteiger charge is 2.38. The normalized spacial score (nSPS) is 18.8. The van der Waals surface area contributed by atoms with Crippen molar-refractivity contribution in [3.8, 4) is 6.07 Å². The van der Waals surface area contributed by atoms with Gasteiger partial charge >= 0.3 is 12.1 Å². The Kier molecular flexibility index (Phi) is 11.2. The molecule has 2 aliphatic rings. The summed E-state index contributed by atoms with van der Waals surface area (Å²) in [5, 5.41) is 21.1. The van der Waals surface area contributed by atoms with E-state index in [1.54, 1.807) is 33.8 Å². The van der Waals surface area contributed by atoms with E-state index in [4.69, 9.17) is 32.6 Å². The number of carboxylic acids is 1. The Balaban J connectivity index is 0.000000572. The second kappa shape index (κ2) is 13.6. The van der Waals surface area contributed by atoms with Crippen LogP contribution in [0.2, 0.25) is 5.02 Å². The minimum absolute atomic E-state index is 0.0759. The summed E-state index contributed by atoms with van der Waals surface area (Å²) in [5.74, 6) is 4.81. The van der Waals surface area contributed by atoms with Crippen molar-refractivity contribution in [2.45, 2.75) is 31.1 Å². The molecule has 1 atom stereocenters. The predicted octanol–water partition coefficient (Wildman–Crippen LogP) is 1.37. The van der Waals surface area contributed by atoms with Gasteiger partial charge in [-0.3, -0.25) is 20.3 Å². The van der Waals surface area contributed by atoms with Crippen molar-refractivity contribution in [1.29, 1.82) is 5.26 Å². The molecule has 11 nitrogen and oxygen atoms in total. The fraction of sp³-hybridized carbons (Fsp3) is 0.550. The quantitative estimate of drug-likeness (QED) is 0.348. The molecule has 3 rings (SSSR count). The summed E-state index contributed by atoms with van der Waals surface area (Å²) in [4.78, 5) is 41.2. The van der Waals surface area contributed by atoms with Crippen molar-refractivity contribution in [2.24, 2.45) is 5.84 Å². The maximum Gasteiger partial charge on any atom is 0.490 e. The van der Waals surface area contributed by atoms with Gasteiger partial charge in [0.15, 0.2) is 0 Å². The van der Waals surface area contributed by atoms with Gasteiger partial charge in [0.2, 0.25) is 11.8 Å². The Morgan fingerprint density at radius 1 is 1.33 bits per heavy atom. The van der Waals surface area contributed by atoms with Crippen LogP contribution in [0.5, 0.6) is 0 Å². The second-order valence-corrected chi connectivity index (χ2v) is 9.34. The zero-order chi connectivity index (χ0) is 26.9. The summed E-state index contributed by atoms with van der Waals surface area (Å²) >= 11 is 7.37. The Bertz CT molecular complexity index is 956. The van der Waals surface area contributed by atoms with E-state index in [2.05, 4.69) is 21.3 Å². The van der Waals surface area contributed by atoms with Crippen LogP contribution in [0, 0.1) is 11.3 Å². The molecule has 1 aromatic rings. The van der Waals surface area contributed by atoms with Crippen molar-refractivity contribution in [2.75, 3.05) is 43.1 Å². The average Bonchev–Trinajstić information content (AvgIpc) is 3.30. The number of halogens is 4. The Labute approximate surface area is 214 Å². The third-order valence-electron chi connectivity index (χ3n) is 5.30. The third kappa shape index (κ3) is 9.43. The van der Waals surface area contributed by atoms with E-state index in [0.29, 0.717) is 35.6 Å². The lowest BCUT2D eigenvalue weighted by molar-refractivity contribution is -0.192. The molecule has 0 aliphatic carbocycles. The van der Waals surface area contributed by atoms with Crippen LogP contribution in [0.1, 0.15) is 12.8 Å². The SMILES string of the molecule is N#C[C@H]1CSCN1C(=O)CN(N)C1CCN(CC(=O)Nc2ccc(Cl)cn2)CC1.O=C(O)C(F)(F)F. The monoisotopic (exact) mass is 551 g/mol. The van der Waals surface area contributed by atoms with Crippen LogP contribution in [0.15, 0.2) is 18.3 Å². The number of thioether (sulfide) groups is 1. The van der Waals surface area contributed by atoms with Gasteiger partial charge in [-0.05, 0) is 25.0 Å². The number of carboxylic acid groups (broad SMARTS) is 1. The molecule has 0 unspecified atom stereocenters. The van der Waals surface area contributed by atoms with Crippen molar-refractivity contribution in [3.05, 3.63) is 23.4 Å². The van der Waals surface area contributed by atoms with Gasteiger partial charge in [-0.15, -0.1) is 11.8 Å². The van der Waals surface area contributed by atoms with Crippen LogP contribution in [0.4, 0.5) is 19.0 Å². The van der Waals surface area contributed by atoms with Crippen LogP contribution in [-0.4, -0.2) is 98.8 Å². The number of anilines is 1. The van der Waals surface area contributed by atoms with Crippen LogP contribution in [0.25, 0.3) is 0 Å². The maximum atomic E-state index is 12.4. The molecule has 3 heterocycles. The van der Waals surface area contributed by atoms with Gasteiger partial charge < -0.3 is 15.3 Å². The number of carbonyl (C=O) groups excluding carboxylic acids is 2. The molecule has 0 radical (unpaired) electrons. The number of likely N-dealkylation sites (tertiary alicyclic amines) is 1. The number of carbonyl (C=O) groups is 3. The number of nitrogens with two attached hydrogens (primary N) is 1. The first-order valence-corrected chi connectivity index (χ1v) is 12.2. The van der Waals surface area contributed by atoms with Crippen molar-refractivity contribution in [1.82, 2.24) is 19.8 Å². The number of alkyl halides is 3. The largest absolute Gasteiger partial charge is 0.490 e. The molecule has 36 heavy (non-hydrogen) atoms. The first-order valence-electron chi connectivity index (χ1n) is 10.6. The predicted molar refractivity (Wildman–Crippen MR) is 125 cm³/mol. The molecule has 1 aromatic heterocycles. The highest BCUT2D eigenvalue weighted by Crippen LogP contribution is 2.21. The Morgan fingerprint density at radius 3 is 2.50 bits per heavy atom. The molecule has 4 N–H and O–H groups in total. The molecule has 198 valence electrons. The number of hydrogen-bond donors (Lipinski definition) is 3. The number of pyridine rings is 1.